The van der Waals surface area contributed by atoms with Crippen LogP contribution in [0.1, 0.15) is 46.0 Å². The molecule has 0 N–H and O–H groups in total. The number of carbonyl (C=O) groups excluding carboxylic acids is 2. The van der Waals surface area contributed by atoms with Crippen LogP contribution < -0.4 is 0 Å². The standard InChI is InChI=1S/C15H22O4/c1-3-13-8-4-5-9-14(13)19-15(17)10-6-7-11-18-12(2)16/h6-7,10-11,13-14H,3-5,8-9H2,1-2H3/b10-6+,11-7?. The van der Waals surface area contributed by atoms with E-state index in [4.69, 9.17) is 4.74 Å². The molecule has 2 unspecified atom stereocenters. The molecule has 4 nitrogen and oxygen atoms in total. The minimum atomic E-state index is -0.389. The van der Waals surface area contributed by atoms with E-state index in [-0.39, 0.29) is 18.0 Å². The fourth-order valence-electron chi connectivity index (χ4n) is 2.30. The quantitative estimate of drug-likeness (QED) is 0.332. The Hall–Kier alpha value is -1.58. The summed E-state index contributed by atoms with van der Waals surface area (Å²) in [6.07, 6.45) is 11.1. The van der Waals surface area contributed by atoms with Gasteiger partial charge in [-0.1, -0.05) is 19.4 Å². The average molecular weight is 266 g/mol. The zero-order valence-corrected chi connectivity index (χ0v) is 11.6. The fourth-order valence-corrected chi connectivity index (χ4v) is 2.30. The van der Waals surface area contributed by atoms with Crippen molar-refractivity contribution in [1.29, 1.82) is 0 Å². The van der Waals surface area contributed by atoms with Crippen LogP contribution in [0.4, 0.5) is 0 Å². The number of ether oxygens (including phenoxy) is 2. The molecule has 0 aromatic heterocycles. The lowest BCUT2D eigenvalue weighted by molar-refractivity contribution is -0.147. The zero-order valence-electron chi connectivity index (χ0n) is 11.6. The number of hydrogen-bond donors (Lipinski definition) is 0. The molecule has 1 saturated carbocycles. The maximum atomic E-state index is 11.6. The van der Waals surface area contributed by atoms with Gasteiger partial charge in [-0.3, -0.25) is 4.79 Å². The number of esters is 2. The Morgan fingerprint density at radius 3 is 2.63 bits per heavy atom. The lowest BCUT2D eigenvalue weighted by Crippen LogP contribution is -2.29. The Bertz CT molecular complexity index is 357. The molecule has 1 aliphatic rings. The van der Waals surface area contributed by atoms with Crippen LogP contribution in [0.3, 0.4) is 0 Å². The van der Waals surface area contributed by atoms with E-state index in [0.29, 0.717) is 5.92 Å². The maximum absolute atomic E-state index is 11.6. The first kappa shape index (κ1) is 15.5. The van der Waals surface area contributed by atoms with Crippen LogP contribution in [0.15, 0.2) is 24.5 Å². The highest BCUT2D eigenvalue weighted by Crippen LogP contribution is 2.29. The Kier molecular flexibility index (Phi) is 6.93. The molecule has 2 atom stereocenters. The molecule has 0 saturated heterocycles. The van der Waals surface area contributed by atoms with Gasteiger partial charge in [0.2, 0.25) is 0 Å². The van der Waals surface area contributed by atoms with E-state index in [1.54, 1.807) is 0 Å². The van der Waals surface area contributed by atoms with Crippen LogP contribution in [0, 0.1) is 5.92 Å². The minimum absolute atomic E-state index is 0.0494. The lowest BCUT2D eigenvalue weighted by Gasteiger charge is -2.29. The normalized spacial score (nSPS) is 23.7. The van der Waals surface area contributed by atoms with Crippen molar-refractivity contribution >= 4 is 11.9 Å². The molecular formula is C15H22O4. The summed E-state index contributed by atoms with van der Waals surface area (Å²) in [6, 6.07) is 0. The number of carbonyl (C=O) groups is 2. The van der Waals surface area contributed by atoms with Gasteiger partial charge in [-0.2, -0.15) is 0 Å². The molecular weight excluding hydrogens is 244 g/mol. The Labute approximate surface area is 114 Å². The molecule has 106 valence electrons. The molecule has 4 heteroatoms. The van der Waals surface area contributed by atoms with Gasteiger partial charge in [-0.05, 0) is 37.7 Å². The van der Waals surface area contributed by atoms with Gasteiger partial charge in [0, 0.05) is 13.0 Å². The van der Waals surface area contributed by atoms with Crippen LogP contribution in [-0.2, 0) is 19.1 Å². The Morgan fingerprint density at radius 2 is 1.95 bits per heavy atom. The van der Waals surface area contributed by atoms with Crippen LogP contribution in [0.5, 0.6) is 0 Å². The molecule has 19 heavy (non-hydrogen) atoms. The molecule has 1 fully saturated rings. The lowest BCUT2D eigenvalue weighted by atomic mass is 9.85. The molecule has 0 aromatic carbocycles. The molecule has 0 aliphatic heterocycles. The van der Waals surface area contributed by atoms with Crippen molar-refractivity contribution in [3.05, 3.63) is 24.5 Å². The summed E-state index contributed by atoms with van der Waals surface area (Å²) >= 11 is 0. The summed E-state index contributed by atoms with van der Waals surface area (Å²) < 4.78 is 10.0. The predicted molar refractivity (Wildman–Crippen MR) is 72.2 cm³/mol. The van der Waals surface area contributed by atoms with Crippen molar-refractivity contribution in [3.8, 4) is 0 Å². The van der Waals surface area contributed by atoms with Gasteiger partial charge >= 0.3 is 11.9 Å². The molecule has 0 spiro atoms. The summed E-state index contributed by atoms with van der Waals surface area (Å²) in [4.78, 5) is 22.1. The second kappa shape index (κ2) is 8.51. The van der Waals surface area contributed by atoms with Gasteiger partial charge < -0.3 is 9.47 Å². The summed E-state index contributed by atoms with van der Waals surface area (Å²) in [5.41, 5.74) is 0. The third kappa shape index (κ3) is 6.22. The minimum Gasteiger partial charge on any atom is -0.459 e. The van der Waals surface area contributed by atoms with E-state index in [9.17, 15) is 9.59 Å². The highest BCUT2D eigenvalue weighted by atomic mass is 16.5. The van der Waals surface area contributed by atoms with Gasteiger partial charge in [0.15, 0.2) is 0 Å². The molecule has 0 bridgehead atoms. The first-order valence-electron chi connectivity index (χ1n) is 6.84. The van der Waals surface area contributed by atoms with E-state index < -0.39 is 0 Å². The largest absolute Gasteiger partial charge is 0.459 e. The van der Waals surface area contributed by atoms with Crippen molar-refractivity contribution < 1.29 is 19.1 Å². The topological polar surface area (TPSA) is 52.6 Å². The van der Waals surface area contributed by atoms with Gasteiger partial charge in [0.1, 0.15) is 6.10 Å². The van der Waals surface area contributed by atoms with E-state index in [1.165, 1.54) is 37.8 Å². The first-order chi connectivity index (χ1) is 9.13. The third-order valence-electron chi connectivity index (χ3n) is 3.29. The highest BCUT2D eigenvalue weighted by Gasteiger charge is 2.26. The van der Waals surface area contributed by atoms with Crippen molar-refractivity contribution in [2.45, 2.75) is 52.1 Å². The smallest absolute Gasteiger partial charge is 0.331 e. The highest BCUT2D eigenvalue weighted by molar-refractivity contribution is 5.82. The Balaban J connectivity index is 2.35. The fraction of sp³-hybridized carbons (Fsp3) is 0.600. The summed E-state index contributed by atoms with van der Waals surface area (Å²) in [6.45, 7) is 3.45. The van der Waals surface area contributed by atoms with Crippen LogP contribution in [-0.4, -0.2) is 18.0 Å². The van der Waals surface area contributed by atoms with E-state index in [1.807, 2.05) is 0 Å². The maximum Gasteiger partial charge on any atom is 0.331 e. The molecule has 1 rings (SSSR count). The van der Waals surface area contributed by atoms with Gasteiger partial charge in [-0.15, -0.1) is 0 Å². The summed E-state index contributed by atoms with van der Waals surface area (Å²) in [5, 5.41) is 0. The van der Waals surface area contributed by atoms with Crippen molar-refractivity contribution in [3.63, 3.8) is 0 Å². The Morgan fingerprint density at radius 1 is 1.21 bits per heavy atom. The molecule has 1 aliphatic carbocycles. The van der Waals surface area contributed by atoms with Gasteiger partial charge in [0.25, 0.3) is 0 Å². The summed E-state index contributed by atoms with van der Waals surface area (Å²) in [5.74, 6) is -0.235. The second-order valence-electron chi connectivity index (χ2n) is 4.73. The number of hydrogen-bond acceptors (Lipinski definition) is 4. The van der Waals surface area contributed by atoms with E-state index in [2.05, 4.69) is 11.7 Å². The third-order valence-corrected chi connectivity index (χ3v) is 3.29. The van der Waals surface area contributed by atoms with Gasteiger partial charge in [0.05, 0.1) is 6.26 Å². The number of rotatable bonds is 5. The van der Waals surface area contributed by atoms with Crippen LogP contribution in [0.25, 0.3) is 0 Å². The summed E-state index contributed by atoms with van der Waals surface area (Å²) in [7, 11) is 0. The molecule has 0 heterocycles. The van der Waals surface area contributed by atoms with Crippen molar-refractivity contribution in [2.75, 3.05) is 0 Å². The second-order valence-corrected chi connectivity index (χ2v) is 4.73. The number of allylic oxidation sites excluding steroid dienone is 2. The first-order valence-corrected chi connectivity index (χ1v) is 6.84. The molecule has 0 radical (unpaired) electrons. The SMILES string of the molecule is CCC1CCCCC1OC(=O)/C=C/C=COC(C)=O. The average Bonchev–Trinajstić information content (AvgIpc) is 2.38. The molecule has 0 aromatic rings. The zero-order chi connectivity index (χ0) is 14.1. The monoisotopic (exact) mass is 266 g/mol. The molecule has 0 amide bonds. The van der Waals surface area contributed by atoms with E-state index in [0.717, 1.165) is 25.7 Å². The van der Waals surface area contributed by atoms with Gasteiger partial charge in [-0.25, -0.2) is 4.79 Å². The van der Waals surface area contributed by atoms with E-state index >= 15 is 0 Å². The predicted octanol–water partition coefficient (Wildman–Crippen LogP) is 3.13. The van der Waals surface area contributed by atoms with Crippen molar-refractivity contribution in [2.24, 2.45) is 5.92 Å². The van der Waals surface area contributed by atoms with Crippen LogP contribution in [0.2, 0.25) is 0 Å². The van der Waals surface area contributed by atoms with Crippen molar-refractivity contribution in [1.82, 2.24) is 0 Å². The van der Waals surface area contributed by atoms with Crippen LogP contribution >= 0.6 is 0 Å².